The number of ether oxygens (including phenoxy) is 1. The molecule has 0 heterocycles. The lowest BCUT2D eigenvalue weighted by molar-refractivity contribution is 0.0910. The highest BCUT2D eigenvalue weighted by molar-refractivity contribution is 9.09. The van der Waals surface area contributed by atoms with Crippen LogP contribution in [0.3, 0.4) is 0 Å². The molecule has 1 aromatic rings. The Balaban J connectivity index is 2.98. The summed E-state index contributed by atoms with van der Waals surface area (Å²) in [6, 6.07) is 4.85. The van der Waals surface area contributed by atoms with E-state index in [-0.39, 0.29) is 22.8 Å². The zero-order valence-corrected chi connectivity index (χ0v) is 12.4. The highest BCUT2D eigenvalue weighted by Gasteiger charge is 2.25. The number of methoxy groups -OCH3 is 1. The second-order valence-corrected chi connectivity index (χ2v) is 4.92. The molecule has 0 fully saturated rings. The van der Waals surface area contributed by atoms with Crippen LogP contribution in [0.4, 0.5) is 0 Å². The minimum absolute atomic E-state index is 0.134. The van der Waals surface area contributed by atoms with Crippen molar-refractivity contribution < 1.29 is 14.6 Å². The van der Waals surface area contributed by atoms with Crippen LogP contribution in [0.15, 0.2) is 18.2 Å². The van der Waals surface area contributed by atoms with Crippen molar-refractivity contribution in [3.63, 3.8) is 0 Å². The van der Waals surface area contributed by atoms with Crippen molar-refractivity contribution in [1.82, 2.24) is 5.32 Å². The van der Waals surface area contributed by atoms with Gasteiger partial charge in [-0.05, 0) is 25.5 Å². The number of phenolic OH excluding ortho intramolecular Hbond substituents is 1. The van der Waals surface area contributed by atoms with Gasteiger partial charge >= 0.3 is 0 Å². The molecule has 0 aliphatic carbocycles. The molecule has 2 N–H and O–H groups in total. The molecular weight excluding hydrogens is 298 g/mol. The number of carbonyl (C=O) groups is 1. The molecule has 1 amide bonds. The Labute approximate surface area is 115 Å². The van der Waals surface area contributed by atoms with Crippen molar-refractivity contribution in [1.29, 1.82) is 0 Å². The van der Waals surface area contributed by atoms with Gasteiger partial charge in [-0.3, -0.25) is 4.79 Å². The number of amides is 1. The summed E-state index contributed by atoms with van der Waals surface area (Å²) in [5.74, 6) is -0.152. The van der Waals surface area contributed by atoms with E-state index in [1.807, 2.05) is 13.8 Å². The number of para-hydroxylation sites is 1. The van der Waals surface area contributed by atoms with Gasteiger partial charge in [0.25, 0.3) is 5.91 Å². The Hall–Kier alpha value is -1.23. The molecule has 0 aliphatic rings. The summed E-state index contributed by atoms with van der Waals surface area (Å²) in [5, 5.41) is 13.4. The molecule has 0 radical (unpaired) electrons. The Morgan fingerprint density at radius 2 is 2.22 bits per heavy atom. The number of halogens is 1. The molecule has 1 atom stereocenters. The minimum atomic E-state index is -0.341. The van der Waals surface area contributed by atoms with Crippen molar-refractivity contribution in [2.75, 3.05) is 12.4 Å². The topological polar surface area (TPSA) is 58.6 Å². The summed E-state index contributed by atoms with van der Waals surface area (Å²) in [4.78, 5) is 12.1. The van der Waals surface area contributed by atoms with Gasteiger partial charge in [-0.25, -0.2) is 0 Å². The fraction of sp³-hybridized carbons (Fsp3) is 0.462. The maximum Gasteiger partial charge on any atom is 0.255 e. The Kier molecular flexibility index (Phi) is 5.02. The first-order chi connectivity index (χ1) is 8.47. The summed E-state index contributed by atoms with van der Waals surface area (Å²) >= 11 is 3.38. The molecule has 4 nitrogen and oxygen atoms in total. The summed E-state index contributed by atoms with van der Waals surface area (Å²) < 4.78 is 4.98. The normalized spacial score (nSPS) is 13.8. The highest BCUT2D eigenvalue weighted by atomic mass is 79.9. The lowest BCUT2D eigenvalue weighted by Gasteiger charge is -2.27. The quantitative estimate of drug-likeness (QED) is 0.821. The first kappa shape index (κ1) is 14.8. The second kappa shape index (κ2) is 6.09. The third-order valence-corrected chi connectivity index (χ3v) is 4.19. The molecule has 100 valence electrons. The number of benzene rings is 1. The van der Waals surface area contributed by atoms with Gasteiger partial charge in [0.1, 0.15) is 0 Å². The lowest BCUT2D eigenvalue weighted by Crippen LogP contribution is -2.46. The number of aromatic hydroxyl groups is 1. The van der Waals surface area contributed by atoms with E-state index in [0.29, 0.717) is 11.1 Å². The van der Waals surface area contributed by atoms with E-state index in [4.69, 9.17) is 4.74 Å². The average Bonchev–Trinajstić information content (AvgIpc) is 2.38. The fourth-order valence-corrected chi connectivity index (χ4v) is 1.96. The van der Waals surface area contributed by atoms with Crippen molar-refractivity contribution in [3.05, 3.63) is 23.8 Å². The Bertz CT molecular complexity index is 430. The molecule has 5 heteroatoms. The maximum absolute atomic E-state index is 12.1. The predicted octanol–water partition coefficient (Wildman–Crippen LogP) is 2.69. The standard InChI is InChI=1S/C13H18BrNO3/c1-4-13(2,8-14)15-12(17)9-6-5-7-10(18-3)11(9)16/h5-7,16H,4,8H2,1-3H3,(H,15,17). The van der Waals surface area contributed by atoms with E-state index in [0.717, 1.165) is 6.42 Å². The molecular formula is C13H18BrNO3. The molecule has 0 saturated carbocycles. The van der Waals surface area contributed by atoms with E-state index in [1.54, 1.807) is 18.2 Å². The van der Waals surface area contributed by atoms with Crippen LogP contribution in [0, 0.1) is 0 Å². The summed E-state index contributed by atoms with van der Waals surface area (Å²) in [6.45, 7) is 3.93. The van der Waals surface area contributed by atoms with Gasteiger partial charge in [0.05, 0.1) is 12.7 Å². The lowest BCUT2D eigenvalue weighted by atomic mass is 10.0. The number of carbonyl (C=O) groups excluding carboxylic acids is 1. The number of phenols is 1. The zero-order chi connectivity index (χ0) is 13.8. The van der Waals surface area contributed by atoms with Gasteiger partial charge in [-0.2, -0.15) is 0 Å². The second-order valence-electron chi connectivity index (χ2n) is 4.36. The fourth-order valence-electron chi connectivity index (χ4n) is 1.43. The van der Waals surface area contributed by atoms with Crippen molar-refractivity contribution in [2.24, 2.45) is 0 Å². The highest BCUT2D eigenvalue weighted by Crippen LogP contribution is 2.29. The van der Waals surface area contributed by atoms with Crippen LogP contribution in [0.25, 0.3) is 0 Å². The Morgan fingerprint density at radius 1 is 1.56 bits per heavy atom. The summed E-state index contributed by atoms with van der Waals surface area (Å²) in [5.41, 5.74) is -0.123. The number of nitrogens with one attached hydrogen (secondary N) is 1. The van der Waals surface area contributed by atoms with E-state index >= 15 is 0 Å². The molecule has 1 rings (SSSR count). The first-order valence-electron chi connectivity index (χ1n) is 5.72. The molecule has 0 aliphatic heterocycles. The number of hydrogen-bond acceptors (Lipinski definition) is 3. The van der Waals surface area contributed by atoms with Gasteiger partial charge in [0.2, 0.25) is 0 Å². The van der Waals surface area contributed by atoms with Gasteiger partial charge in [-0.1, -0.05) is 28.9 Å². The summed E-state index contributed by atoms with van der Waals surface area (Å²) in [7, 11) is 1.45. The number of rotatable bonds is 5. The zero-order valence-electron chi connectivity index (χ0n) is 10.8. The van der Waals surface area contributed by atoms with Crippen molar-refractivity contribution in [2.45, 2.75) is 25.8 Å². The van der Waals surface area contributed by atoms with Gasteiger partial charge in [0, 0.05) is 10.9 Å². The van der Waals surface area contributed by atoms with E-state index in [2.05, 4.69) is 21.2 Å². The molecule has 0 aromatic heterocycles. The van der Waals surface area contributed by atoms with E-state index in [9.17, 15) is 9.90 Å². The molecule has 0 bridgehead atoms. The number of alkyl halides is 1. The summed E-state index contributed by atoms with van der Waals surface area (Å²) in [6.07, 6.45) is 0.786. The third-order valence-electron chi connectivity index (χ3n) is 2.95. The smallest absolute Gasteiger partial charge is 0.255 e. The average molecular weight is 316 g/mol. The Morgan fingerprint density at radius 3 is 2.72 bits per heavy atom. The molecule has 1 unspecified atom stereocenters. The largest absolute Gasteiger partial charge is 0.504 e. The van der Waals surface area contributed by atoms with Gasteiger partial charge in [0.15, 0.2) is 11.5 Å². The van der Waals surface area contributed by atoms with Crippen molar-refractivity contribution >= 4 is 21.8 Å². The van der Waals surface area contributed by atoms with Gasteiger partial charge in [-0.15, -0.1) is 0 Å². The van der Waals surface area contributed by atoms with Crippen LogP contribution in [0.5, 0.6) is 11.5 Å². The van der Waals surface area contributed by atoms with E-state index < -0.39 is 0 Å². The molecule has 1 aromatic carbocycles. The third kappa shape index (κ3) is 3.16. The maximum atomic E-state index is 12.1. The van der Waals surface area contributed by atoms with Crippen LogP contribution in [-0.4, -0.2) is 29.0 Å². The van der Waals surface area contributed by atoms with E-state index in [1.165, 1.54) is 7.11 Å². The van der Waals surface area contributed by atoms with Crippen LogP contribution in [0.2, 0.25) is 0 Å². The molecule has 0 saturated heterocycles. The van der Waals surface area contributed by atoms with Gasteiger partial charge < -0.3 is 15.2 Å². The predicted molar refractivity (Wildman–Crippen MR) is 74.6 cm³/mol. The monoisotopic (exact) mass is 315 g/mol. The van der Waals surface area contributed by atoms with Crippen LogP contribution in [0.1, 0.15) is 30.6 Å². The van der Waals surface area contributed by atoms with Crippen molar-refractivity contribution in [3.8, 4) is 11.5 Å². The molecule has 0 spiro atoms. The van der Waals surface area contributed by atoms with Crippen LogP contribution in [-0.2, 0) is 0 Å². The minimum Gasteiger partial charge on any atom is -0.504 e. The van der Waals surface area contributed by atoms with Crippen LogP contribution >= 0.6 is 15.9 Å². The number of hydrogen-bond donors (Lipinski definition) is 2. The SMILES string of the molecule is CCC(C)(CBr)NC(=O)c1cccc(OC)c1O. The molecule has 18 heavy (non-hydrogen) atoms. The van der Waals surface area contributed by atoms with Crippen LogP contribution < -0.4 is 10.1 Å². The first-order valence-corrected chi connectivity index (χ1v) is 6.84.